The Balaban J connectivity index is 0.00000176. The van der Waals surface area contributed by atoms with Crippen molar-refractivity contribution in [1.29, 1.82) is 0 Å². The third kappa shape index (κ3) is 3.20. The molecular weight excluding hydrogens is 304 g/mol. The van der Waals surface area contributed by atoms with Crippen LogP contribution in [0.1, 0.15) is 12.5 Å². The molecular formula is C16H21ClN2O3. The predicted molar refractivity (Wildman–Crippen MR) is 87.8 cm³/mol. The van der Waals surface area contributed by atoms with Crippen molar-refractivity contribution in [2.75, 3.05) is 26.7 Å². The number of rotatable bonds is 3. The number of piperazine rings is 1. The van der Waals surface area contributed by atoms with Crippen molar-refractivity contribution >= 4 is 29.3 Å². The van der Waals surface area contributed by atoms with Crippen LogP contribution in [-0.2, 0) is 11.2 Å². The van der Waals surface area contributed by atoms with E-state index in [1.54, 1.807) is 13.4 Å². The number of carbonyl (C=O) groups is 1. The van der Waals surface area contributed by atoms with E-state index in [-0.39, 0.29) is 24.4 Å². The minimum atomic E-state index is 0. The van der Waals surface area contributed by atoms with E-state index in [1.165, 1.54) is 0 Å². The van der Waals surface area contributed by atoms with Gasteiger partial charge in [-0.1, -0.05) is 0 Å². The van der Waals surface area contributed by atoms with Gasteiger partial charge in [0, 0.05) is 42.7 Å². The molecule has 5 nitrogen and oxygen atoms in total. The quantitative estimate of drug-likeness (QED) is 0.940. The summed E-state index contributed by atoms with van der Waals surface area (Å²) in [6.45, 7) is 4.56. The van der Waals surface area contributed by atoms with Gasteiger partial charge in [0.15, 0.2) is 0 Å². The molecule has 0 saturated carbocycles. The molecule has 1 fully saturated rings. The lowest BCUT2D eigenvalue weighted by molar-refractivity contribution is -0.133. The highest BCUT2D eigenvalue weighted by atomic mass is 35.5. The van der Waals surface area contributed by atoms with Gasteiger partial charge in [0.05, 0.1) is 19.8 Å². The summed E-state index contributed by atoms with van der Waals surface area (Å²) in [7, 11) is 1.63. The Morgan fingerprint density at radius 1 is 1.50 bits per heavy atom. The fourth-order valence-electron chi connectivity index (χ4n) is 2.80. The lowest BCUT2D eigenvalue weighted by Gasteiger charge is -2.34. The minimum Gasteiger partial charge on any atom is -0.497 e. The molecule has 0 aliphatic carbocycles. The smallest absolute Gasteiger partial charge is 0.227 e. The summed E-state index contributed by atoms with van der Waals surface area (Å²) in [4.78, 5) is 14.4. The molecule has 1 saturated heterocycles. The molecule has 1 aliphatic rings. The molecule has 2 heterocycles. The van der Waals surface area contributed by atoms with Gasteiger partial charge in [-0.2, -0.15) is 0 Å². The standard InChI is InChI=1S/C16H20N2O3.ClH/c1-11-9-17-5-6-18(11)16(19)7-12-10-21-15-8-13(20-2)3-4-14(12)15;/h3-4,8,10-11,17H,5-7,9H2,1-2H3;1H. The Morgan fingerprint density at radius 3 is 3.05 bits per heavy atom. The molecule has 0 bridgehead atoms. The molecule has 1 aromatic carbocycles. The first kappa shape index (κ1) is 16.6. The fourth-order valence-corrected chi connectivity index (χ4v) is 2.80. The predicted octanol–water partition coefficient (Wildman–Crippen LogP) is 2.23. The van der Waals surface area contributed by atoms with Crippen LogP contribution in [-0.4, -0.2) is 43.6 Å². The van der Waals surface area contributed by atoms with E-state index in [9.17, 15) is 4.79 Å². The van der Waals surface area contributed by atoms with Crippen LogP contribution in [0.4, 0.5) is 0 Å². The fraction of sp³-hybridized carbons (Fsp3) is 0.438. The van der Waals surface area contributed by atoms with E-state index in [4.69, 9.17) is 9.15 Å². The first-order valence-corrected chi connectivity index (χ1v) is 7.23. The number of nitrogens with zero attached hydrogens (tertiary/aromatic N) is 1. The van der Waals surface area contributed by atoms with Crippen molar-refractivity contribution in [3.8, 4) is 5.75 Å². The first-order chi connectivity index (χ1) is 10.2. The Kier molecular flexibility index (Phi) is 5.32. The number of ether oxygens (including phenoxy) is 1. The Hall–Kier alpha value is -1.72. The van der Waals surface area contributed by atoms with E-state index in [0.29, 0.717) is 6.42 Å². The van der Waals surface area contributed by atoms with Crippen LogP contribution >= 0.6 is 12.4 Å². The summed E-state index contributed by atoms with van der Waals surface area (Å²) in [5.41, 5.74) is 1.69. The summed E-state index contributed by atoms with van der Waals surface area (Å²) in [5, 5.41) is 4.27. The molecule has 1 amide bonds. The average Bonchev–Trinajstić information content (AvgIpc) is 2.89. The van der Waals surface area contributed by atoms with Gasteiger partial charge in [0.1, 0.15) is 11.3 Å². The van der Waals surface area contributed by atoms with Crippen LogP contribution in [0, 0.1) is 0 Å². The molecule has 120 valence electrons. The van der Waals surface area contributed by atoms with Crippen molar-refractivity contribution < 1.29 is 13.9 Å². The molecule has 1 aliphatic heterocycles. The number of carbonyl (C=O) groups excluding carboxylic acids is 1. The van der Waals surface area contributed by atoms with E-state index in [2.05, 4.69) is 12.2 Å². The highest BCUT2D eigenvalue weighted by molar-refractivity contribution is 5.88. The third-order valence-electron chi connectivity index (χ3n) is 4.03. The average molecular weight is 325 g/mol. The Bertz CT molecular complexity index is 656. The van der Waals surface area contributed by atoms with Gasteiger partial charge in [-0.05, 0) is 19.1 Å². The molecule has 22 heavy (non-hydrogen) atoms. The summed E-state index contributed by atoms with van der Waals surface area (Å²) in [6.07, 6.45) is 2.05. The number of methoxy groups -OCH3 is 1. The minimum absolute atomic E-state index is 0. The number of hydrogen-bond donors (Lipinski definition) is 1. The second kappa shape index (κ2) is 7.03. The van der Waals surface area contributed by atoms with Gasteiger partial charge in [0.25, 0.3) is 0 Å². The van der Waals surface area contributed by atoms with Gasteiger partial charge in [-0.15, -0.1) is 12.4 Å². The highest BCUT2D eigenvalue weighted by Gasteiger charge is 2.23. The number of halogens is 1. The van der Waals surface area contributed by atoms with Gasteiger partial charge in [-0.25, -0.2) is 0 Å². The zero-order valence-electron chi connectivity index (χ0n) is 12.8. The maximum absolute atomic E-state index is 12.5. The molecule has 1 N–H and O–H groups in total. The summed E-state index contributed by atoms with van der Waals surface area (Å²) in [5.74, 6) is 0.910. The maximum Gasteiger partial charge on any atom is 0.227 e. The molecule has 1 aromatic heterocycles. The molecule has 2 aromatic rings. The zero-order chi connectivity index (χ0) is 14.8. The number of benzene rings is 1. The van der Waals surface area contributed by atoms with Crippen LogP contribution in [0.3, 0.4) is 0 Å². The number of nitrogens with one attached hydrogen (secondary N) is 1. The summed E-state index contributed by atoms with van der Waals surface area (Å²) in [6, 6.07) is 5.92. The number of amides is 1. The second-order valence-corrected chi connectivity index (χ2v) is 5.44. The van der Waals surface area contributed by atoms with Crippen LogP contribution < -0.4 is 10.1 Å². The SMILES string of the molecule is COc1ccc2c(CC(=O)N3CCNCC3C)coc2c1.Cl. The zero-order valence-corrected chi connectivity index (χ0v) is 13.6. The molecule has 1 atom stereocenters. The molecule has 1 unspecified atom stereocenters. The van der Waals surface area contributed by atoms with Crippen LogP contribution in [0.25, 0.3) is 11.0 Å². The van der Waals surface area contributed by atoms with Gasteiger partial charge < -0.3 is 19.4 Å². The Morgan fingerprint density at radius 2 is 2.32 bits per heavy atom. The molecule has 6 heteroatoms. The highest BCUT2D eigenvalue weighted by Crippen LogP contribution is 2.26. The number of furan rings is 1. The van der Waals surface area contributed by atoms with Crippen molar-refractivity contribution in [2.24, 2.45) is 0 Å². The third-order valence-corrected chi connectivity index (χ3v) is 4.03. The Labute approximate surface area is 136 Å². The molecule has 0 radical (unpaired) electrons. The van der Waals surface area contributed by atoms with E-state index >= 15 is 0 Å². The topological polar surface area (TPSA) is 54.7 Å². The monoisotopic (exact) mass is 324 g/mol. The van der Waals surface area contributed by atoms with Crippen molar-refractivity contribution in [1.82, 2.24) is 10.2 Å². The lowest BCUT2D eigenvalue weighted by atomic mass is 10.1. The van der Waals surface area contributed by atoms with Gasteiger partial charge in [0.2, 0.25) is 5.91 Å². The van der Waals surface area contributed by atoms with Crippen LogP contribution in [0.5, 0.6) is 5.75 Å². The van der Waals surface area contributed by atoms with Crippen molar-refractivity contribution in [3.63, 3.8) is 0 Å². The largest absolute Gasteiger partial charge is 0.497 e. The van der Waals surface area contributed by atoms with Gasteiger partial charge >= 0.3 is 0 Å². The van der Waals surface area contributed by atoms with E-state index in [0.717, 1.165) is 41.9 Å². The van der Waals surface area contributed by atoms with Gasteiger partial charge in [-0.3, -0.25) is 4.79 Å². The summed E-state index contributed by atoms with van der Waals surface area (Å²) < 4.78 is 10.7. The second-order valence-electron chi connectivity index (χ2n) is 5.44. The van der Waals surface area contributed by atoms with Crippen molar-refractivity contribution in [2.45, 2.75) is 19.4 Å². The van der Waals surface area contributed by atoms with Crippen LogP contribution in [0.15, 0.2) is 28.9 Å². The lowest BCUT2D eigenvalue weighted by Crippen LogP contribution is -2.52. The number of hydrogen-bond acceptors (Lipinski definition) is 4. The first-order valence-electron chi connectivity index (χ1n) is 7.23. The number of fused-ring (bicyclic) bond motifs is 1. The normalized spacial score (nSPS) is 18.1. The van der Waals surface area contributed by atoms with Crippen molar-refractivity contribution in [3.05, 3.63) is 30.0 Å². The van der Waals surface area contributed by atoms with E-state index < -0.39 is 0 Å². The molecule has 3 rings (SSSR count). The molecule has 0 spiro atoms. The van der Waals surface area contributed by atoms with Crippen LogP contribution in [0.2, 0.25) is 0 Å². The summed E-state index contributed by atoms with van der Waals surface area (Å²) >= 11 is 0. The maximum atomic E-state index is 12.5. The van der Waals surface area contributed by atoms with E-state index in [1.807, 2.05) is 23.1 Å².